The average Bonchev–Trinajstić information content (AvgIpc) is 2.39. The zero-order valence-electron chi connectivity index (χ0n) is 11.4. The molecule has 0 radical (unpaired) electrons. The minimum atomic E-state index is -0.186. The van der Waals surface area contributed by atoms with Gasteiger partial charge in [0.1, 0.15) is 5.82 Å². The number of hydrogen-bond donors (Lipinski definition) is 0. The predicted molar refractivity (Wildman–Crippen MR) is 82.2 cm³/mol. The van der Waals surface area contributed by atoms with Crippen LogP contribution in [-0.2, 0) is 0 Å². The van der Waals surface area contributed by atoms with Gasteiger partial charge in [0.05, 0.1) is 0 Å². The van der Waals surface area contributed by atoms with E-state index in [1.165, 1.54) is 41.0 Å². The fourth-order valence-electron chi connectivity index (χ4n) is 1.97. The molecule has 2 heteroatoms. The van der Waals surface area contributed by atoms with Gasteiger partial charge in [-0.15, -0.1) is 11.8 Å². The van der Waals surface area contributed by atoms with E-state index in [4.69, 9.17) is 0 Å². The molecule has 0 atom stereocenters. The van der Waals surface area contributed by atoms with Crippen LogP contribution < -0.4 is 0 Å². The molecule has 0 bridgehead atoms. The summed E-state index contributed by atoms with van der Waals surface area (Å²) in [6.45, 7) is 4.32. The third kappa shape index (κ3) is 4.10. The SMILES string of the molecule is CCCCSc1cc(C)cc(-c2ccc(F)cc2)c1. The van der Waals surface area contributed by atoms with Crippen molar-refractivity contribution in [3.63, 3.8) is 0 Å². The number of aryl methyl sites for hydroxylation is 1. The van der Waals surface area contributed by atoms with Crippen LogP contribution in [0.15, 0.2) is 47.4 Å². The Bertz CT molecular complexity index is 531. The van der Waals surface area contributed by atoms with Gasteiger partial charge in [-0.1, -0.05) is 31.5 Å². The number of halogens is 1. The van der Waals surface area contributed by atoms with E-state index in [-0.39, 0.29) is 5.82 Å². The van der Waals surface area contributed by atoms with Crippen LogP contribution in [0.5, 0.6) is 0 Å². The molecule has 0 aliphatic carbocycles. The molecule has 0 nitrogen and oxygen atoms in total. The molecule has 19 heavy (non-hydrogen) atoms. The fourth-order valence-corrected chi connectivity index (χ4v) is 3.12. The Morgan fingerprint density at radius 3 is 2.42 bits per heavy atom. The molecule has 0 saturated heterocycles. The molecule has 0 N–H and O–H groups in total. The van der Waals surface area contributed by atoms with Gasteiger partial charge in [0, 0.05) is 4.90 Å². The summed E-state index contributed by atoms with van der Waals surface area (Å²) in [6.07, 6.45) is 2.47. The summed E-state index contributed by atoms with van der Waals surface area (Å²) in [7, 11) is 0. The summed E-state index contributed by atoms with van der Waals surface area (Å²) in [6, 6.07) is 13.3. The maximum absolute atomic E-state index is 13.0. The van der Waals surface area contributed by atoms with Crippen molar-refractivity contribution in [2.24, 2.45) is 0 Å². The lowest BCUT2D eigenvalue weighted by Crippen LogP contribution is -1.85. The number of rotatable bonds is 5. The molecular formula is C17H19FS. The Morgan fingerprint density at radius 1 is 1.00 bits per heavy atom. The highest BCUT2D eigenvalue weighted by Crippen LogP contribution is 2.28. The van der Waals surface area contributed by atoms with Crippen molar-refractivity contribution in [3.8, 4) is 11.1 Å². The second-order valence-corrected chi connectivity index (χ2v) is 5.91. The van der Waals surface area contributed by atoms with Crippen molar-refractivity contribution in [2.75, 3.05) is 5.75 Å². The highest BCUT2D eigenvalue weighted by atomic mass is 32.2. The van der Waals surface area contributed by atoms with Crippen LogP contribution in [0, 0.1) is 12.7 Å². The van der Waals surface area contributed by atoms with Gasteiger partial charge in [-0.3, -0.25) is 0 Å². The van der Waals surface area contributed by atoms with Crippen LogP contribution in [0.2, 0.25) is 0 Å². The quantitative estimate of drug-likeness (QED) is 0.498. The van der Waals surface area contributed by atoms with Crippen molar-refractivity contribution in [1.82, 2.24) is 0 Å². The minimum Gasteiger partial charge on any atom is -0.207 e. The van der Waals surface area contributed by atoms with Gasteiger partial charge in [-0.05, 0) is 60.1 Å². The Morgan fingerprint density at radius 2 is 1.74 bits per heavy atom. The van der Waals surface area contributed by atoms with E-state index < -0.39 is 0 Å². The highest BCUT2D eigenvalue weighted by Gasteiger charge is 2.02. The molecular weight excluding hydrogens is 255 g/mol. The first-order chi connectivity index (χ1) is 9.19. The first-order valence-electron chi connectivity index (χ1n) is 6.69. The second-order valence-electron chi connectivity index (χ2n) is 4.74. The van der Waals surface area contributed by atoms with Crippen molar-refractivity contribution in [3.05, 3.63) is 53.8 Å². The number of benzene rings is 2. The summed E-state index contributed by atoms with van der Waals surface area (Å²) >= 11 is 1.90. The van der Waals surface area contributed by atoms with Gasteiger partial charge in [0.15, 0.2) is 0 Å². The summed E-state index contributed by atoms with van der Waals surface area (Å²) in [5.74, 6) is 0.969. The van der Waals surface area contributed by atoms with Gasteiger partial charge in [0.2, 0.25) is 0 Å². The molecule has 2 rings (SSSR count). The highest BCUT2D eigenvalue weighted by molar-refractivity contribution is 7.99. The second kappa shape index (κ2) is 6.76. The zero-order valence-corrected chi connectivity index (χ0v) is 12.3. The lowest BCUT2D eigenvalue weighted by Gasteiger charge is -2.08. The van der Waals surface area contributed by atoms with E-state index in [9.17, 15) is 4.39 Å². The summed E-state index contributed by atoms with van der Waals surface area (Å²) in [5.41, 5.74) is 3.49. The van der Waals surface area contributed by atoms with E-state index in [0.29, 0.717) is 0 Å². The van der Waals surface area contributed by atoms with E-state index in [2.05, 4.69) is 32.0 Å². The standard InChI is InChI=1S/C17H19FS/c1-3-4-9-19-17-11-13(2)10-15(12-17)14-5-7-16(18)8-6-14/h5-8,10-12H,3-4,9H2,1-2H3. The normalized spacial score (nSPS) is 10.7. The largest absolute Gasteiger partial charge is 0.207 e. The van der Waals surface area contributed by atoms with Crippen LogP contribution in [-0.4, -0.2) is 5.75 Å². The van der Waals surface area contributed by atoms with Crippen LogP contribution in [0.25, 0.3) is 11.1 Å². The lowest BCUT2D eigenvalue weighted by atomic mass is 10.0. The van der Waals surface area contributed by atoms with Gasteiger partial charge >= 0.3 is 0 Å². The minimum absolute atomic E-state index is 0.186. The molecule has 0 aromatic heterocycles. The Labute approximate surface area is 119 Å². The Hall–Kier alpha value is -1.28. The number of unbranched alkanes of at least 4 members (excludes halogenated alkanes) is 1. The maximum Gasteiger partial charge on any atom is 0.123 e. The molecule has 0 aliphatic heterocycles. The van der Waals surface area contributed by atoms with E-state index in [0.717, 1.165) is 11.3 Å². The predicted octanol–water partition coefficient (Wildman–Crippen LogP) is 5.69. The van der Waals surface area contributed by atoms with Crippen LogP contribution in [0.4, 0.5) is 4.39 Å². The average molecular weight is 274 g/mol. The fraction of sp³-hybridized carbons (Fsp3) is 0.294. The van der Waals surface area contributed by atoms with Crippen LogP contribution >= 0.6 is 11.8 Å². The van der Waals surface area contributed by atoms with E-state index in [1.54, 1.807) is 0 Å². The van der Waals surface area contributed by atoms with Gasteiger partial charge in [-0.25, -0.2) is 4.39 Å². The van der Waals surface area contributed by atoms with Crippen molar-refractivity contribution >= 4 is 11.8 Å². The lowest BCUT2D eigenvalue weighted by molar-refractivity contribution is 0.628. The van der Waals surface area contributed by atoms with Crippen molar-refractivity contribution in [2.45, 2.75) is 31.6 Å². The third-order valence-electron chi connectivity index (χ3n) is 3.00. The molecule has 0 fully saturated rings. The van der Waals surface area contributed by atoms with Gasteiger partial charge in [0.25, 0.3) is 0 Å². The molecule has 100 valence electrons. The number of hydrogen-bond acceptors (Lipinski definition) is 1. The van der Waals surface area contributed by atoms with Crippen LogP contribution in [0.3, 0.4) is 0 Å². The topological polar surface area (TPSA) is 0 Å². The maximum atomic E-state index is 13.0. The molecule has 2 aromatic carbocycles. The van der Waals surface area contributed by atoms with E-state index >= 15 is 0 Å². The smallest absolute Gasteiger partial charge is 0.123 e. The molecule has 0 unspecified atom stereocenters. The molecule has 0 aliphatic rings. The zero-order chi connectivity index (χ0) is 13.7. The summed E-state index contributed by atoms with van der Waals surface area (Å²) in [5, 5.41) is 0. The van der Waals surface area contributed by atoms with Crippen LogP contribution in [0.1, 0.15) is 25.3 Å². The molecule has 0 spiro atoms. The Kier molecular flexibility index (Phi) is 5.03. The van der Waals surface area contributed by atoms with Gasteiger partial charge in [-0.2, -0.15) is 0 Å². The summed E-state index contributed by atoms with van der Waals surface area (Å²) in [4.78, 5) is 1.30. The monoisotopic (exact) mass is 274 g/mol. The molecule has 0 heterocycles. The molecule has 0 amide bonds. The van der Waals surface area contributed by atoms with E-state index in [1.807, 2.05) is 23.9 Å². The van der Waals surface area contributed by atoms with Crippen molar-refractivity contribution in [1.29, 1.82) is 0 Å². The summed E-state index contributed by atoms with van der Waals surface area (Å²) < 4.78 is 13.0. The molecule has 2 aromatic rings. The third-order valence-corrected chi connectivity index (χ3v) is 4.06. The number of thioether (sulfide) groups is 1. The Balaban J connectivity index is 2.23. The van der Waals surface area contributed by atoms with Crippen molar-refractivity contribution < 1.29 is 4.39 Å². The van der Waals surface area contributed by atoms with Gasteiger partial charge < -0.3 is 0 Å². The first-order valence-corrected chi connectivity index (χ1v) is 7.68. The molecule has 0 saturated carbocycles. The first kappa shape index (κ1) is 14.1.